The average molecular weight is 371 g/mol. The standard InChI is InChI=1S/C18H24F3N3O2/c1-3-22-12(2)9-23-17(26)14-8-16(25)24(11-14)10-13-5-4-6-15(7-13)18(19,20)21/h4-7,12,14,22H,3,8-11H2,1-2H3,(H,23,26)/t12-,14?/m1/s1. The molecule has 1 aliphatic rings. The number of likely N-dealkylation sites (tertiary alicyclic amines) is 1. The highest BCUT2D eigenvalue weighted by Gasteiger charge is 2.35. The van der Waals surface area contributed by atoms with Crippen LogP contribution in [0.5, 0.6) is 0 Å². The maximum atomic E-state index is 12.8. The summed E-state index contributed by atoms with van der Waals surface area (Å²) in [6.45, 7) is 5.47. The molecular formula is C18H24F3N3O2. The molecule has 2 rings (SSSR count). The molecule has 0 bridgehead atoms. The molecule has 2 amide bonds. The smallest absolute Gasteiger partial charge is 0.354 e. The highest BCUT2D eigenvalue weighted by atomic mass is 19.4. The number of nitrogens with one attached hydrogen (secondary N) is 2. The number of carbonyl (C=O) groups excluding carboxylic acids is 2. The van der Waals surface area contributed by atoms with Gasteiger partial charge in [-0.1, -0.05) is 19.1 Å². The number of hydrogen-bond donors (Lipinski definition) is 2. The lowest BCUT2D eigenvalue weighted by molar-refractivity contribution is -0.137. The first-order valence-corrected chi connectivity index (χ1v) is 8.65. The third kappa shape index (κ3) is 5.45. The van der Waals surface area contributed by atoms with E-state index in [-0.39, 0.29) is 37.4 Å². The van der Waals surface area contributed by atoms with Crippen LogP contribution in [0.25, 0.3) is 0 Å². The predicted molar refractivity (Wildman–Crippen MR) is 91.1 cm³/mol. The molecule has 8 heteroatoms. The van der Waals surface area contributed by atoms with E-state index in [9.17, 15) is 22.8 Å². The summed E-state index contributed by atoms with van der Waals surface area (Å²) < 4.78 is 38.4. The Morgan fingerprint density at radius 2 is 2.12 bits per heavy atom. The fourth-order valence-electron chi connectivity index (χ4n) is 2.99. The second kappa shape index (κ2) is 8.53. The molecule has 2 N–H and O–H groups in total. The van der Waals surface area contributed by atoms with E-state index in [0.29, 0.717) is 12.1 Å². The zero-order chi connectivity index (χ0) is 19.3. The van der Waals surface area contributed by atoms with Crippen LogP contribution in [0.2, 0.25) is 0 Å². The molecule has 1 unspecified atom stereocenters. The van der Waals surface area contributed by atoms with E-state index in [2.05, 4.69) is 10.6 Å². The van der Waals surface area contributed by atoms with Crippen LogP contribution < -0.4 is 10.6 Å². The van der Waals surface area contributed by atoms with E-state index in [4.69, 9.17) is 0 Å². The number of amides is 2. The zero-order valence-electron chi connectivity index (χ0n) is 14.9. The Balaban J connectivity index is 1.92. The Kier molecular flexibility index (Phi) is 6.63. The van der Waals surface area contributed by atoms with Crippen molar-refractivity contribution in [2.24, 2.45) is 5.92 Å². The average Bonchev–Trinajstić information content (AvgIpc) is 2.93. The summed E-state index contributed by atoms with van der Waals surface area (Å²) in [4.78, 5) is 25.8. The summed E-state index contributed by atoms with van der Waals surface area (Å²) in [6, 6.07) is 5.04. The van der Waals surface area contributed by atoms with Crippen LogP contribution in [0.15, 0.2) is 24.3 Å². The first kappa shape index (κ1) is 20.2. The van der Waals surface area contributed by atoms with Gasteiger partial charge in [0.15, 0.2) is 0 Å². The number of hydrogen-bond acceptors (Lipinski definition) is 3. The second-order valence-electron chi connectivity index (χ2n) is 6.58. The molecule has 1 heterocycles. The van der Waals surface area contributed by atoms with E-state index in [1.807, 2.05) is 13.8 Å². The number of halogens is 3. The fourth-order valence-corrected chi connectivity index (χ4v) is 2.99. The normalized spacial score (nSPS) is 18.9. The topological polar surface area (TPSA) is 61.4 Å². The SMILES string of the molecule is CCN[C@H](C)CNC(=O)C1CC(=O)N(Cc2cccc(C(F)(F)F)c2)C1. The van der Waals surface area contributed by atoms with E-state index in [1.165, 1.54) is 11.0 Å². The van der Waals surface area contributed by atoms with Gasteiger partial charge in [0.2, 0.25) is 11.8 Å². The number of carbonyl (C=O) groups is 2. The monoisotopic (exact) mass is 371 g/mol. The van der Waals surface area contributed by atoms with Gasteiger partial charge in [0, 0.05) is 32.1 Å². The lowest BCUT2D eigenvalue weighted by atomic mass is 10.1. The minimum atomic E-state index is -4.42. The molecule has 0 aliphatic carbocycles. The van der Waals surface area contributed by atoms with Gasteiger partial charge in [-0.05, 0) is 31.2 Å². The highest BCUT2D eigenvalue weighted by Crippen LogP contribution is 2.30. The van der Waals surface area contributed by atoms with Crippen molar-refractivity contribution in [3.63, 3.8) is 0 Å². The Hall–Kier alpha value is -2.09. The number of alkyl halides is 3. The van der Waals surface area contributed by atoms with Crippen LogP contribution in [0.1, 0.15) is 31.4 Å². The third-order valence-corrected chi connectivity index (χ3v) is 4.35. The second-order valence-corrected chi connectivity index (χ2v) is 6.58. The lowest BCUT2D eigenvalue weighted by Crippen LogP contribution is -2.41. The first-order chi connectivity index (χ1) is 12.2. The van der Waals surface area contributed by atoms with Crippen molar-refractivity contribution in [3.8, 4) is 0 Å². The molecule has 1 fully saturated rings. The molecule has 5 nitrogen and oxygen atoms in total. The fraction of sp³-hybridized carbons (Fsp3) is 0.556. The lowest BCUT2D eigenvalue weighted by Gasteiger charge is -2.18. The van der Waals surface area contributed by atoms with Gasteiger partial charge in [-0.2, -0.15) is 13.2 Å². The van der Waals surface area contributed by atoms with Gasteiger partial charge >= 0.3 is 6.18 Å². The summed E-state index contributed by atoms with van der Waals surface area (Å²) >= 11 is 0. The molecule has 1 aliphatic heterocycles. The van der Waals surface area contributed by atoms with Crippen molar-refractivity contribution in [1.29, 1.82) is 0 Å². The molecule has 0 saturated carbocycles. The maximum absolute atomic E-state index is 12.8. The minimum Gasteiger partial charge on any atom is -0.354 e. The van der Waals surface area contributed by atoms with Crippen LogP contribution in [0, 0.1) is 5.92 Å². The summed E-state index contributed by atoms with van der Waals surface area (Å²) in [5, 5.41) is 5.99. The Morgan fingerprint density at radius 3 is 2.77 bits per heavy atom. The molecule has 0 radical (unpaired) electrons. The minimum absolute atomic E-state index is 0.0698. The Labute approximate surface area is 150 Å². The summed E-state index contributed by atoms with van der Waals surface area (Å²) in [5.74, 6) is -0.890. The van der Waals surface area contributed by atoms with Gasteiger partial charge in [0.1, 0.15) is 0 Å². The summed E-state index contributed by atoms with van der Waals surface area (Å²) in [5.41, 5.74) is -0.344. The van der Waals surface area contributed by atoms with Crippen LogP contribution in [-0.2, 0) is 22.3 Å². The van der Waals surface area contributed by atoms with Gasteiger partial charge in [-0.25, -0.2) is 0 Å². The quantitative estimate of drug-likeness (QED) is 0.772. The van der Waals surface area contributed by atoms with Crippen molar-refractivity contribution in [1.82, 2.24) is 15.5 Å². The van der Waals surface area contributed by atoms with Crippen molar-refractivity contribution in [3.05, 3.63) is 35.4 Å². The molecule has 26 heavy (non-hydrogen) atoms. The van der Waals surface area contributed by atoms with Crippen molar-refractivity contribution in [2.75, 3.05) is 19.6 Å². The molecule has 0 aromatic heterocycles. The largest absolute Gasteiger partial charge is 0.416 e. The number of rotatable bonds is 7. The molecule has 0 spiro atoms. The number of benzene rings is 1. The van der Waals surface area contributed by atoms with Gasteiger partial charge in [0.05, 0.1) is 11.5 Å². The van der Waals surface area contributed by atoms with Gasteiger partial charge in [0.25, 0.3) is 0 Å². The molecule has 1 saturated heterocycles. The molecule has 1 aromatic rings. The van der Waals surface area contributed by atoms with Crippen molar-refractivity contribution >= 4 is 11.8 Å². The van der Waals surface area contributed by atoms with E-state index < -0.39 is 17.7 Å². The van der Waals surface area contributed by atoms with Crippen LogP contribution in [0.3, 0.4) is 0 Å². The predicted octanol–water partition coefficient (Wildman–Crippen LogP) is 2.17. The van der Waals surface area contributed by atoms with Crippen molar-refractivity contribution < 1.29 is 22.8 Å². The molecule has 2 atom stereocenters. The number of nitrogens with zero attached hydrogens (tertiary/aromatic N) is 1. The zero-order valence-corrected chi connectivity index (χ0v) is 14.9. The van der Waals surface area contributed by atoms with E-state index in [0.717, 1.165) is 18.7 Å². The molecular weight excluding hydrogens is 347 g/mol. The van der Waals surface area contributed by atoms with Gasteiger partial charge in [-0.15, -0.1) is 0 Å². The van der Waals surface area contributed by atoms with Gasteiger partial charge < -0.3 is 15.5 Å². The molecule has 1 aromatic carbocycles. The summed E-state index contributed by atoms with van der Waals surface area (Å²) in [7, 11) is 0. The van der Waals surface area contributed by atoms with Crippen LogP contribution in [0.4, 0.5) is 13.2 Å². The maximum Gasteiger partial charge on any atom is 0.416 e. The van der Waals surface area contributed by atoms with Crippen LogP contribution in [-0.4, -0.2) is 42.4 Å². The highest BCUT2D eigenvalue weighted by molar-refractivity contribution is 5.89. The third-order valence-electron chi connectivity index (χ3n) is 4.35. The van der Waals surface area contributed by atoms with E-state index >= 15 is 0 Å². The van der Waals surface area contributed by atoms with Crippen molar-refractivity contribution in [2.45, 2.75) is 39.0 Å². The van der Waals surface area contributed by atoms with Crippen LogP contribution >= 0.6 is 0 Å². The number of likely N-dealkylation sites (N-methyl/N-ethyl adjacent to an activating group) is 1. The van der Waals surface area contributed by atoms with Gasteiger partial charge in [-0.3, -0.25) is 9.59 Å². The summed E-state index contributed by atoms with van der Waals surface area (Å²) in [6.07, 6.45) is -4.34. The Bertz CT molecular complexity index is 649. The Morgan fingerprint density at radius 1 is 1.38 bits per heavy atom. The first-order valence-electron chi connectivity index (χ1n) is 8.65. The van der Waals surface area contributed by atoms with E-state index in [1.54, 1.807) is 6.07 Å². The molecule has 144 valence electrons.